The van der Waals surface area contributed by atoms with Crippen molar-refractivity contribution in [3.63, 3.8) is 0 Å². The molecule has 1 amide bonds. The third-order valence-corrected chi connectivity index (χ3v) is 6.74. The van der Waals surface area contributed by atoms with Crippen molar-refractivity contribution in [2.75, 3.05) is 47.5 Å². The van der Waals surface area contributed by atoms with Crippen LogP contribution < -0.4 is 19.8 Å². The summed E-state index contributed by atoms with van der Waals surface area (Å²) >= 11 is 6.06. The van der Waals surface area contributed by atoms with E-state index in [-0.39, 0.29) is 17.5 Å². The highest BCUT2D eigenvalue weighted by Gasteiger charge is 2.28. The Morgan fingerprint density at radius 3 is 2.20 bits per heavy atom. The molecule has 10 heteroatoms. The molecule has 1 aromatic heterocycles. The minimum Gasteiger partial charge on any atom is -0.493 e. The van der Waals surface area contributed by atoms with Gasteiger partial charge in [0.1, 0.15) is 5.82 Å². The summed E-state index contributed by atoms with van der Waals surface area (Å²) in [7, 11) is 6.30. The number of ether oxygens (including phenoxy) is 3. The first-order valence-electron chi connectivity index (χ1n) is 11.3. The standard InChI is InChI=1S/C25H29ClN4O5/c1-15(23-27-19-7-6-17(26)14-18(19)25(32)28(23)2)29-8-10-30(11-9-29)24(31)16-12-20(33-3)22(35-5)21(13-16)34-4/h6-7,12-15H,8-11H2,1-5H3. The Morgan fingerprint density at radius 1 is 1.00 bits per heavy atom. The number of aromatic nitrogens is 2. The van der Waals surface area contributed by atoms with Crippen molar-refractivity contribution in [3.8, 4) is 17.2 Å². The van der Waals surface area contributed by atoms with Gasteiger partial charge in [0.05, 0.1) is 38.3 Å². The van der Waals surface area contributed by atoms with E-state index in [2.05, 4.69) is 4.90 Å². The van der Waals surface area contributed by atoms with Crippen LogP contribution in [0.1, 0.15) is 29.1 Å². The normalized spacial score (nSPS) is 15.2. The van der Waals surface area contributed by atoms with Gasteiger partial charge in [0.25, 0.3) is 11.5 Å². The number of halogens is 1. The van der Waals surface area contributed by atoms with Crippen molar-refractivity contribution in [2.24, 2.45) is 7.05 Å². The van der Waals surface area contributed by atoms with Gasteiger partial charge in [-0.2, -0.15) is 0 Å². The molecular weight excluding hydrogens is 472 g/mol. The Hall–Kier alpha value is -3.30. The largest absolute Gasteiger partial charge is 0.493 e. The van der Waals surface area contributed by atoms with E-state index < -0.39 is 0 Å². The monoisotopic (exact) mass is 500 g/mol. The maximum absolute atomic E-state index is 13.2. The van der Waals surface area contributed by atoms with Crippen molar-refractivity contribution in [1.29, 1.82) is 0 Å². The first-order valence-corrected chi connectivity index (χ1v) is 11.7. The van der Waals surface area contributed by atoms with Gasteiger partial charge in [-0.25, -0.2) is 4.98 Å². The maximum Gasteiger partial charge on any atom is 0.261 e. The predicted octanol–water partition coefficient (Wildman–Crippen LogP) is 3.13. The number of methoxy groups -OCH3 is 3. The van der Waals surface area contributed by atoms with E-state index in [1.165, 1.54) is 21.3 Å². The predicted molar refractivity (Wildman–Crippen MR) is 134 cm³/mol. The van der Waals surface area contributed by atoms with E-state index in [9.17, 15) is 9.59 Å². The van der Waals surface area contributed by atoms with E-state index in [1.807, 2.05) is 6.92 Å². The lowest BCUT2D eigenvalue weighted by Gasteiger charge is -2.38. The summed E-state index contributed by atoms with van der Waals surface area (Å²) in [6, 6.07) is 8.38. The number of fused-ring (bicyclic) bond motifs is 1. The molecule has 0 N–H and O–H groups in total. The molecule has 0 saturated carbocycles. The van der Waals surface area contributed by atoms with Gasteiger partial charge in [-0.05, 0) is 37.3 Å². The van der Waals surface area contributed by atoms with E-state index in [4.69, 9.17) is 30.8 Å². The third kappa shape index (κ3) is 4.66. The number of benzene rings is 2. The molecule has 2 aromatic carbocycles. The quantitative estimate of drug-likeness (QED) is 0.514. The summed E-state index contributed by atoms with van der Waals surface area (Å²) in [4.78, 5) is 34.9. The fraction of sp³-hybridized carbons (Fsp3) is 0.400. The van der Waals surface area contributed by atoms with Crippen LogP contribution in [0.5, 0.6) is 17.2 Å². The van der Waals surface area contributed by atoms with Crippen LogP contribution in [-0.2, 0) is 7.05 Å². The van der Waals surface area contributed by atoms with Crippen LogP contribution >= 0.6 is 11.6 Å². The highest BCUT2D eigenvalue weighted by Crippen LogP contribution is 2.38. The summed E-state index contributed by atoms with van der Waals surface area (Å²) in [6.45, 7) is 4.39. The summed E-state index contributed by atoms with van der Waals surface area (Å²) in [5.74, 6) is 1.89. The molecular formula is C25H29ClN4O5. The van der Waals surface area contributed by atoms with E-state index in [1.54, 1.807) is 46.8 Å². The molecule has 2 heterocycles. The van der Waals surface area contributed by atoms with Gasteiger partial charge in [-0.3, -0.25) is 19.1 Å². The van der Waals surface area contributed by atoms with Gasteiger partial charge < -0.3 is 19.1 Å². The molecule has 1 unspecified atom stereocenters. The number of hydrogen-bond donors (Lipinski definition) is 0. The Kier molecular flexibility index (Phi) is 7.18. The Labute approximate surface area is 208 Å². The zero-order valence-corrected chi connectivity index (χ0v) is 21.3. The second-order valence-electron chi connectivity index (χ2n) is 8.41. The van der Waals surface area contributed by atoms with Gasteiger partial charge >= 0.3 is 0 Å². The molecule has 1 fully saturated rings. The fourth-order valence-corrected chi connectivity index (χ4v) is 4.67. The average Bonchev–Trinajstić information content (AvgIpc) is 2.89. The molecule has 35 heavy (non-hydrogen) atoms. The van der Waals surface area contributed by atoms with Gasteiger partial charge in [0, 0.05) is 43.8 Å². The molecule has 0 bridgehead atoms. The number of rotatable bonds is 6. The first-order chi connectivity index (χ1) is 16.8. The summed E-state index contributed by atoms with van der Waals surface area (Å²) in [5, 5.41) is 1.00. The number of hydrogen-bond acceptors (Lipinski definition) is 7. The SMILES string of the molecule is COc1cc(C(=O)N2CCN(C(C)c3nc4ccc(Cl)cc4c(=O)n3C)CC2)cc(OC)c1OC. The molecule has 0 aliphatic carbocycles. The second kappa shape index (κ2) is 10.1. The van der Waals surface area contributed by atoms with Gasteiger partial charge in [-0.15, -0.1) is 0 Å². The fourth-order valence-electron chi connectivity index (χ4n) is 4.50. The molecule has 1 saturated heterocycles. The minimum absolute atomic E-state index is 0.105. The zero-order chi connectivity index (χ0) is 25.3. The summed E-state index contributed by atoms with van der Waals surface area (Å²) in [6.07, 6.45) is 0. The molecule has 3 aromatic rings. The lowest BCUT2D eigenvalue weighted by atomic mass is 10.1. The topological polar surface area (TPSA) is 86.1 Å². The highest BCUT2D eigenvalue weighted by atomic mass is 35.5. The van der Waals surface area contributed by atoms with Gasteiger partial charge in [0.15, 0.2) is 11.5 Å². The minimum atomic E-state index is -0.129. The Balaban J connectivity index is 1.51. The van der Waals surface area contributed by atoms with Crippen LogP contribution in [0.3, 0.4) is 0 Å². The Morgan fingerprint density at radius 2 is 1.63 bits per heavy atom. The average molecular weight is 501 g/mol. The van der Waals surface area contributed by atoms with Gasteiger partial charge in [-0.1, -0.05) is 11.6 Å². The number of carbonyl (C=O) groups excluding carboxylic acids is 1. The molecule has 1 aliphatic rings. The Bertz CT molecular complexity index is 1290. The second-order valence-corrected chi connectivity index (χ2v) is 8.85. The van der Waals surface area contributed by atoms with Crippen molar-refractivity contribution >= 4 is 28.4 Å². The first kappa shape index (κ1) is 24.8. The van der Waals surface area contributed by atoms with Crippen molar-refractivity contribution in [2.45, 2.75) is 13.0 Å². The smallest absolute Gasteiger partial charge is 0.261 e. The summed E-state index contributed by atoms with van der Waals surface area (Å²) < 4.78 is 17.7. The van der Waals surface area contributed by atoms with Crippen LogP contribution in [0.25, 0.3) is 10.9 Å². The lowest BCUT2D eigenvalue weighted by Crippen LogP contribution is -2.49. The van der Waals surface area contributed by atoms with Gasteiger partial charge in [0.2, 0.25) is 5.75 Å². The van der Waals surface area contributed by atoms with Crippen LogP contribution in [-0.4, -0.2) is 72.8 Å². The molecule has 9 nitrogen and oxygen atoms in total. The van der Waals surface area contributed by atoms with Crippen LogP contribution in [0.4, 0.5) is 0 Å². The molecule has 1 aliphatic heterocycles. The van der Waals surface area contributed by atoms with Crippen LogP contribution in [0, 0.1) is 0 Å². The van der Waals surface area contributed by atoms with E-state index in [0.717, 1.165) is 0 Å². The van der Waals surface area contributed by atoms with E-state index in [0.29, 0.717) is 70.7 Å². The lowest BCUT2D eigenvalue weighted by molar-refractivity contribution is 0.0571. The number of nitrogens with zero attached hydrogens (tertiary/aromatic N) is 4. The number of carbonyl (C=O) groups is 1. The molecule has 4 rings (SSSR count). The number of piperazine rings is 1. The van der Waals surface area contributed by atoms with Crippen molar-refractivity contribution in [1.82, 2.24) is 19.4 Å². The maximum atomic E-state index is 13.2. The zero-order valence-electron chi connectivity index (χ0n) is 20.5. The molecule has 0 radical (unpaired) electrons. The number of amides is 1. The molecule has 0 spiro atoms. The highest BCUT2D eigenvalue weighted by molar-refractivity contribution is 6.31. The van der Waals surface area contributed by atoms with Crippen molar-refractivity contribution < 1.29 is 19.0 Å². The molecule has 186 valence electrons. The van der Waals surface area contributed by atoms with Crippen molar-refractivity contribution in [3.05, 3.63) is 57.1 Å². The van der Waals surface area contributed by atoms with E-state index >= 15 is 0 Å². The summed E-state index contributed by atoms with van der Waals surface area (Å²) in [5.41, 5.74) is 0.962. The van der Waals surface area contributed by atoms with Crippen LogP contribution in [0.2, 0.25) is 5.02 Å². The third-order valence-electron chi connectivity index (χ3n) is 6.51. The van der Waals surface area contributed by atoms with Crippen LogP contribution in [0.15, 0.2) is 35.1 Å². The molecule has 1 atom stereocenters.